The van der Waals surface area contributed by atoms with Gasteiger partial charge in [-0.3, -0.25) is 0 Å². The zero-order valence-electron chi connectivity index (χ0n) is 15.2. The van der Waals surface area contributed by atoms with Crippen LogP contribution in [0.1, 0.15) is 30.5 Å². The Balaban J connectivity index is 1.59. The zero-order chi connectivity index (χ0) is 19.3. The van der Waals surface area contributed by atoms with Gasteiger partial charge in [-0.05, 0) is 61.3 Å². The van der Waals surface area contributed by atoms with Gasteiger partial charge in [0.15, 0.2) is 28.9 Å². The summed E-state index contributed by atoms with van der Waals surface area (Å²) in [5, 5.41) is 11.7. The molecule has 0 atom stereocenters. The number of aryl methyl sites for hydroxylation is 1. The third-order valence-electron chi connectivity index (χ3n) is 5.12. The van der Waals surface area contributed by atoms with Gasteiger partial charge in [0.25, 0.3) is 0 Å². The number of nitrogens with zero attached hydrogens (tertiary/aromatic N) is 4. The number of hydrogen-bond donors (Lipinski definition) is 1. The van der Waals surface area contributed by atoms with Crippen LogP contribution in [0.4, 0.5) is 8.78 Å². The van der Waals surface area contributed by atoms with E-state index in [1.54, 1.807) is 19.1 Å². The lowest BCUT2D eigenvalue weighted by Gasteiger charge is -2.20. The largest absolute Gasteiger partial charge is 0.441 e. The van der Waals surface area contributed by atoms with Crippen molar-refractivity contribution in [1.82, 2.24) is 25.5 Å². The van der Waals surface area contributed by atoms with Gasteiger partial charge < -0.3 is 9.73 Å². The molecule has 1 aliphatic heterocycles. The van der Waals surface area contributed by atoms with Crippen LogP contribution < -0.4 is 5.32 Å². The molecule has 2 aromatic heterocycles. The number of rotatable bonds is 2. The van der Waals surface area contributed by atoms with E-state index < -0.39 is 11.6 Å². The molecule has 2 aromatic carbocycles. The standard InChI is InChI=1S/C20H17F2N5O/c1-10-24-19-15(22)7-13(9-17(19)28-10)12-6-14(21)18-16(8-12)26-27-20(25-18)11-2-4-23-5-3-11/h6-9,11,23H,2-5H2,1H3. The van der Waals surface area contributed by atoms with Gasteiger partial charge in [-0.1, -0.05) is 0 Å². The Kier molecular flexibility index (Phi) is 4.01. The molecule has 6 nitrogen and oxygen atoms in total. The van der Waals surface area contributed by atoms with Gasteiger partial charge in [-0.2, -0.15) is 0 Å². The number of fused-ring (bicyclic) bond motifs is 2. The summed E-state index contributed by atoms with van der Waals surface area (Å²) in [5.41, 5.74) is 1.96. The predicted octanol–water partition coefficient (Wildman–Crippen LogP) is 3.89. The van der Waals surface area contributed by atoms with Crippen molar-refractivity contribution in [1.29, 1.82) is 0 Å². The molecule has 3 heterocycles. The van der Waals surface area contributed by atoms with E-state index in [0.717, 1.165) is 25.9 Å². The van der Waals surface area contributed by atoms with E-state index in [4.69, 9.17) is 4.42 Å². The highest BCUT2D eigenvalue weighted by molar-refractivity contribution is 5.85. The summed E-state index contributed by atoms with van der Waals surface area (Å²) in [7, 11) is 0. The lowest BCUT2D eigenvalue weighted by molar-refractivity contribution is 0.442. The summed E-state index contributed by atoms with van der Waals surface area (Å²) in [4.78, 5) is 8.44. The Morgan fingerprint density at radius 1 is 0.929 bits per heavy atom. The third-order valence-corrected chi connectivity index (χ3v) is 5.12. The highest BCUT2D eigenvalue weighted by Gasteiger charge is 2.20. The minimum atomic E-state index is -0.518. The summed E-state index contributed by atoms with van der Waals surface area (Å²) in [6.07, 6.45) is 1.81. The van der Waals surface area contributed by atoms with E-state index in [9.17, 15) is 8.78 Å². The van der Waals surface area contributed by atoms with Crippen molar-refractivity contribution in [3.05, 3.63) is 47.6 Å². The van der Waals surface area contributed by atoms with Crippen molar-refractivity contribution < 1.29 is 13.2 Å². The first-order valence-corrected chi connectivity index (χ1v) is 9.20. The van der Waals surface area contributed by atoms with Gasteiger partial charge in [-0.15, -0.1) is 10.2 Å². The minimum absolute atomic E-state index is 0.163. The topological polar surface area (TPSA) is 76.7 Å². The molecule has 1 fully saturated rings. The van der Waals surface area contributed by atoms with Crippen LogP contribution in [0.3, 0.4) is 0 Å². The summed E-state index contributed by atoms with van der Waals surface area (Å²) >= 11 is 0. The number of piperidine rings is 1. The molecule has 0 unspecified atom stereocenters. The van der Waals surface area contributed by atoms with Gasteiger partial charge >= 0.3 is 0 Å². The number of halogens is 2. The van der Waals surface area contributed by atoms with Crippen molar-refractivity contribution >= 4 is 22.1 Å². The van der Waals surface area contributed by atoms with Gasteiger partial charge in [0.05, 0.1) is 0 Å². The first-order valence-electron chi connectivity index (χ1n) is 9.20. The average molecular weight is 381 g/mol. The molecular weight excluding hydrogens is 364 g/mol. The van der Waals surface area contributed by atoms with E-state index in [0.29, 0.717) is 33.9 Å². The van der Waals surface area contributed by atoms with Crippen LogP contribution in [-0.4, -0.2) is 33.3 Å². The van der Waals surface area contributed by atoms with Crippen molar-refractivity contribution in [3.8, 4) is 11.1 Å². The number of benzene rings is 2. The van der Waals surface area contributed by atoms with Crippen molar-refractivity contribution in [2.75, 3.05) is 13.1 Å². The second-order valence-corrected chi connectivity index (χ2v) is 7.06. The van der Waals surface area contributed by atoms with Crippen molar-refractivity contribution in [2.24, 2.45) is 0 Å². The fourth-order valence-electron chi connectivity index (χ4n) is 3.70. The van der Waals surface area contributed by atoms with Gasteiger partial charge in [-0.25, -0.2) is 18.7 Å². The van der Waals surface area contributed by atoms with Crippen LogP contribution in [0.2, 0.25) is 0 Å². The van der Waals surface area contributed by atoms with Crippen LogP contribution in [-0.2, 0) is 0 Å². The molecule has 0 bridgehead atoms. The molecule has 8 heteroatoms. The van der Waals surface area contributed by atoms with Crippen molar-refractivity contribution in [2.45, 2.75) is 25.7 Å². The minimum Gasteiger partial charge on any atom is -0.441 e. The Labute approximate surface area is 159 Å². The molecule has 0 aliphatic carbocycles. The molecule has 5 rings (SSSR count). The maximum Gasteiger partial charge on any atom is 0.192 e. The quantitative estimate of drug-likeness (QED) is 0.568. The zero-order valence-corrected chi connectivity index (χ0v) is 15.2. The van der Waals surface area contributed by atoms with Crippen LogP contribution in [0, 0.1) is 18.6 Å². The van der Waals surface area contributed by atoms with Crippen LogP contribution in [0.15, 0.2) is 28.7 Å². The van der Waals surface area contributed by atoms with Gasteiger partial charge in [0.1, 0.15) is 16.6 Å². The smallest absolute Gasteiger partial charge is 0.192 e. The van der Waals surface area contributed by atoms with E-state index >= 15 is 0 Å². The number of nitrogens with one attached hydrogen (secondary N) is 1. The summed E-state index contributed by atoms with van der Waals surface area (Å²) in [6.45, 7) is 3.43. The number of hydrogen-bond acceptors (Lipinski definition) is 6. The Hall–Kier alpha value is -3.00. The summed E-state index contributed by atoms with van der Waals surface area (Å²) in [6, 6.07) is 5.96. The Bertz CT molecular complexity index is 1200. The first-order chi connectivity index (χ1) is 13.6. The summed E-state index contributed by atoms with van der Waals surface area (Å²) in [5.74, 6) is 0.104. The molecule has 1 saturated heterocycles. The Morgan fingerprint density at radius 3 is 2.43 bits per heavy atom. The predicted molar refractivity (Wildman–Crippen MR) is 99.8 cm³/mol. The summed E-state index contributed by atoms with van der Waals surface area (Å²) < 4.78 is 34.6. The second-order valence-electron chi connectivity index (χ2n) is 7.06. The van der Waals surface area contributed by atoms with E-state index in [1.165, 1.54) is 12.1 Å². The van der Waals surface area contributed by atoms with Crippen molar-refractivity contribution in [3.63, 3.8) is 0 Å². The molecular formula is C20H17F2N5O. The molecule has 1 aliphatic rings. The van der Waals surface area contributed by atoms with Crippen LogP contribution in [0.25, 0.3) is 33.3 Å². The second kappa shape index (κ2) is 6.56. The van der Waals surface area contributed by atoms with E-state index in [-0.39, 0.29) is 17.0 Å². The first kappa shape index (κ1) is 17.1. The molecule has 28 heavy (non-hydrogen) atoms. The van der Waals surface area contributed by atoms with Gasteiger partial charge in [0.2, 0.25) is 0 Å². The van der Waals surface area contributed by atoms with Crippen LogP contribution >= 0.6 is 0 Å². The molecule has 0 radical (unpaired) electrons. The fraction of sp³-hybridized carbons (Fsp3) is 0.300. The molecule has 1 N–H and O–H groups in total. The highest BCUT2D eigenvalue weighted by atomic mass is 19.1. The average Bonchev–Trinajstić information content (AvgIpc) is 3.09. The molecule has 4 aromatic rings. The maximum absolute atomic E-state index is 14.8. The maximum atomic E-state index is 14.8. The van der Waals surface area contributed by atoms with Gasteiger partial charge in [0, 0.05) is 12.8 Å². The third kappa shape index (κ3) is 2.90. The monoisotopic (exact) mass is 381 g/mol. The lowest BCUT2D eigenvalue weighted by atomic mass is 9.97. The highest BCUT2D eigenvalue weighted by Crippen LogP contribution is 2.31. The lowest BCUT2D eigenvalue weighted by Crippen LogP contribution is -2.27. The molecule has 0 saturated carbocycles. The fourth-order valence-corrected chi connectivity index (χ4v) is 3.70. The molecule has 0 spiro atoms. The number of oxazole rings is 1. The number of aromatic nitrogens is 4. The molecule has 142 valence electrons. The van der Waals surface area contributed by atoms with Crippen LogP contribution in [0.5, 0.6) is 0 Å². The SMILES string of the molecule is Cc1nc2c(F)cc(-c3cc(F)c4nc(C5CCNCC5)nnc4c3)cc2o1. The normalized spacial score (nSPS) is 15.5. The van der Waals surface area contributed by atoms with E-state index in [2.05, 4.69) is 25.5 Å². The Morgan fingerprint density at radius 2 is 1.64 bits per heavy atom. The molecule has 0 amide bonds. The van der Waals surface area contributed by atoms with E-state index in [1.807, 2.05) is 0 Å².